The standard InChI is InChI=1S/C23H20N6O3S/c30-11-12-10-29(7-6-24-12)23-26-16-4-2-1-3-14(16)19(27-23)18-17(20(31)28-21(18)32)15-9-25-22-13(15)5-8-33-22/h1-5,8-9,12,24-25,30H,6-7,10-11H2,(H,28,31,32). The van der Waals surface area contributed by atoms with E-state index in [0.29, 0.717) is 53.3 Å². The molecular weight excluding hydrogens is 440 g/mol. The van der Waals surface area contributed by atoms with Gasteiger partial charge in [-0.15, -0.1) is 11.3 Å². The predicted molar refractivity (Wildman–Crippen MR) is 127 cm³/mol. The summed E-state index contributed by atoms with van der Waals surface area (Å²) in [6.45, 7) is 1.90. The molecule has 10 heteroatoms. The summed E-state index contributed by atoms with van der Waals surface area (Å²) in [5.41, 5.74) is 2.35. The summed E-state index contributed by atoms with van der Waals surface area (Å²) >= 11 is 1.54. The highest BCUT2D eigenvalue weighted by Crippen LogP contribution is 2.38. The quantitative estimate of drug-likeness (QED) is 0.341. The second-order valence-corrected chi connectivity index (χ2v) is 8.98. The van der Waals surface area contributed by atoms with Crippen LogP contribution < -0.4 is 15.5 Å². The van der Waals surface area contributed by atoms with E-state index < -0.39 is 11.8 Å². The average molecular weight is 461 g/mol. The Morgan fingerprint density at radius 2 is 1.94 bits per heavy atom. The van der Waals surface area contributed by atoms with Crippen LogP contribution in [0.4, 0.5) is 5.95 Å². The van der Waals surface area contributed by atoms with Gasteiger partial charge in [-0.2, -0.15) is 0 Å². The lowest BCUT2D eigenvalue weighted by Gasteiger charge is -2.33. The number of hydrogen-bond acceptors (Lipinski definition) is 8. The molecule has 9 nitrogen and oxygen atoms in total. The number of rotatable bonds is 4. The van der Waals surface area contributed by atoms with Gasteiger partial charge in [0, 0.05) is 48.2 Å². The number of carbonyl (C=O) groups is 2. The Kier molecular flexibility index (Phi) is 4.72. The van der Waals surface area contributed by atoms with Crippen LogP contribution in [0.1, 0.15) is 11.3 Å². The Morgan fingerprint density at radius 3 is 2.82 bits per heavy atom. The first-order chi connectivity index (χ1) is 16.1. The molecule has 0 bridgehead atoms. The number of piperazine rings is 1. The molecule has 3 aromatic heterocycles. The van der Waals surface area contributed by atoms with Crippen molar-refractivity contribution in [2.45, 2.75) is 6.04 Å². The van der Waals surface area contributed by atoms with Crippen molar-refractivity contribution in [3.05, 3.63) is 53.2 Å². The summed E-state index contributed by atoms with van der Waals surface area (Å²) in [6, 6.07) is 9.33. The maximum atomic E-state index is 13.1. The smallest absolute Gasteiger partial charge is 0.261 e. The van der Waals surface area contributed by atoms with Crippen LogP contribution >= 0.6 is 11.3 Å². The monoisotopic (exact) mass is 460 g/mol. The van der Waals surface area contributed by atoms with E-state index in [9.17, 15) is 14.7 Å². The third-order valence-corrected chi connectivity index (χ3v) is 6.94. The number of imide groups is 1. The average Bonchev–Trinajstić information content (AvgIpc) is 3.53. The van der Waals surface area contributed by atoms with Crippen molar-refractivity contribution < 1.29 is 14.7 Å². The number of aromatic amines is 1. The van der Waals surface area contributed by atoms with Crippen molar-refractivity contribution in [2.75, 3.05) is 31.1 Å². The number of hydrogen-bond donors (Lipinski definition) is 4. The van der Waals surface area contributed by atoms with E-state index in [1.54, 1.807) is 6.20 Å². The molecule has 2 aliphatic rings. The number of carbonyl (C=O) groups excluding carboxylic acids is 2. The first-order valence-electron chi connectivity index (χ1n) is 10.7. The van der Waals surface area contributed by atoms with Gasteiger partial charge in [-0.3, -0.25) is 14.9 Å². The Labute approximate surface area is 192 Å². The number of fused-ring (bicyclic) bond motifs is 2. The zero-order chi connectivity index (χ0) is 22.5. The first kappa shape index (κ1) is 20.0. The second kappa shape index (κ2) is 7.77. The molecule has 0 radical (unpaired) electrons. The van der Waals surface area contributed by atoms with Gasteiger partial charge < -0.3 is 20.3 Å². The number of para-hydroxylation sites is 1. The van der Waals surface area contributed by atoms with Crippen molar-refractivity contribution in [3.63, 3.8) is 0 Å². The number of nitrogens with zero attached hydrogens (tertiary/aromatic N) is 3. The molecule has 4 aromatic rings. The van der Waals surface area contributed by atoms with Gasteiger partial charge in [0.25, 0.3) is 11.8 Å². The van der Waals surface area contributed by atoms with E-state index >= 15 is 0 Å². The van der Waals surface area contributed by atoms with Gasteiger partial charge in [0.1, 0.15) is 4.83 Å². The molecule has 4 N–H and O–H groups in total. The lowest BCUT2D eigenvalue weighted by Crippen LogP contribution is -2.52. The molecule has 0 saturated carbocycles. The highest BCUT2D eigenvalue weighted by Gasteiger charge is 2.36. The molecule has 1 aromatic carbocycles. The minimum atomic E-state index is -0.470. The fourth-order valence-electron chi connectivity index (χ4n) is 4.52. The summed E-state index contributed by atoms with van der Waals surface area (Å²) in [5, 5.41) is 18.9. The molecule has 166 valence electrons. The molecule has 6 rings (SSSR count). The molecule has 2 amide bonds. The lowest BCUT2D eigenvalue weighted by molar-refractivity contribution is -0.122. The third-order valence-electron chi connectivity index (χ3n) is 6.09. The zero-order valence-electron chi connectivity index (χ0n) is 17.5. The molecule has 0 spiro atoms. The molecule has 2 aliphatic heterocycles. The molecule has 33 heavy (non-hydrogen) atoms. The molecule has 1 fully saturated rings. The molecule has 0 aliphatic carbocycles. The molecule has 1 unspecified atom stereocenters. The molecule has 1 saturated heterocycles. The fourth-order valence-corrected chi connectivity index (χ4v) is 5.29. The van der Waals surface area contributed by atoms with Crippen LogP contribution in [-0.4, -0.2) is 64.2 Å². The van der Waals surface area contributed by atoms with E-state index in [-0.39, 0.29) is 18.2 Å². The lowest BCUT2D eigenvalue weighted by atomic mass is 9.97. The maximum absolute atomic E-state index is 13.1. The third kappa shape index (κ3) is 3.22. The van der Waals surface area contributed by atoms with Crippen molar-refractivity contribution in [2.24, 2.45) is 0 Å². The number of aliphatic hydroxyl groups excluding tert-OH is 1. The van der Waals surface area contributed by atoms with Crippen LogP contribution in [0, 0.1) is 0 Å². The number of nitrogens with one attached hydrogen (secondary N) is 3. The Morgan fingerprint density at radius 1 is 1.09 bits per heavy atom. The first-order valence-corrected chi connectivity index (χ1v) is 11.5. The minimum Gasteiger partial charge on any atom is -0.395 e. The van der Waals surface area contributed by atoms with Crippen LogP contribution in [0.2, 0.25) is 0 Å². The van der Waals surface area contributed by atoms with Crippen molar-refractivity contribution >= 4 is 61.4 Å². The SMILES string of the molecule is O=C1NC(=O)C(c2c[nH]c3sccc23)=C1c1nc(N2CCNC(CO)C2)nc2ccccc12. The number of anilines is 1. The van der Waals surface area contributed by atoms with Gasteiger partial charge in [-0.25, -0.2) is 9.97 Å². The van der Waals surface area contributed by atoms with Crippen molar-refractivity contribution in [1.29, 1.82) is 0 Å². The highest BCUT2D eigenvalue weighted by molar-refractivity contribution is 7.16. The minimum absolute atomic E-state index is 0.00722. The predicted octanol–water partition coefficient (Wildman–Crippen LogP) is 1.51. The normalized spacial score (nSPS) is 19.2. The van der Waals surface area contributed by atoms with Crippen molar-refractivity contribution in [3.8, 4) is 0 Å². The fraction of sp³-hybridized carbons (Fsp3) is 0.217. The van der Waals surface area contributed by atoms with E-state index in [2.05, 4.69) is 15.6 Å². The van der Waals surface area contributed by atoms with Gasteiger partial charge in [0.15, 0.2) is 0 Å². The van der Waals surface area contributed by atoms with Crippen LogP contribution in [0.15, 0.2) is 41.9 Å². The van der Waals surface area contributed by atoms with Crippen LogP contribution in [0.5, 0.6) is 0 Å². The summed E-state index contributed by atoms with van der Waals surface area (Å²) in [6.07, 6.45) is 1.77. The number of H-pyrrole nitrogens is 1. The van der Waals surface area contributed by atoms with E-state index in [1.165, 1.54) is 11.3 Å². The number of amides is 2. The largest absolute Gasteiger partial charge is 0.395 e. The number of aromatic nitrogens is 3. The van der Waals surface area contributed by atoms with Crippen LogP contribution in [0.3, 0.4) is 0 Å². The van der Waals surface area contributed by atoms with Gasteiger partial charge >= 0.3 is 0 Å². The molecular formula is C23H20N6O3S. The van der Waals surface area contributed by atoms with Gasteiger partial charge in [-0.05, 0) is 17.5 Å². The van der Waals surface area contributed by atoms with Crippen LogP contribution in [0.25, 0.3) is 32.3 Å². The zero-order valence-corrected chi connectivity index (χ0v) is 18.3. The number of aliphatic hydroxyl groups is 1. The van der Waals surface area contributed by atoms with E-state index in [4.69, 9.17) is 9.97 Å². The summed E-state index contributed by atoms with van der Waals surface area (Å²) in [4.78, 5) is 41.7. The van der Waals surface area contributed by atoms with Crippen LogP contribution in [-0.2, 0) is 9.59 Å². The van der Waals surface area contributed by atoms with Crippen molar-refractivity contribution in [1.82, 2.24) is 25.6 Å². The van der Waals surface area contributed by atoms with Gasteiger partial charge in [0.2, 0.25) is 5.95 Å². The summed E-state index contributed by atoms with van der Waals surface area (Å²) in [5.74, 6) is -0.436. The second-order valence-electron chi connectivity index (χ2n) is 8.07. The Balaban J connectivity index is 1.59. The topological polar surface area (TPSA) is 123 Å². The maximum Gasteiger partial charge on any atom is 0.261 e. The Hall–Kier alpha value is -3.60. The number of thiophene rings is 1. The Bertz CT molecular complexity index is 1450. The van der Waals surface area contributed by atoms with Gasteiger partial charge in [-0.1, -0.05) is 18.2 Å². The molecule has 5 heterocycles. The van der Waals surface area contributed by atoms with Gasteiger partial charge in [0.05, 0.1) is 29.0 Å². The highest BCUT2D eigenvalue weighted by atomic mass is 32.1. The van der Waals surface area contributed by atoms with E-state index in [0.717, 1.165) is 10.2 Å². The number of benzene rings is 1. The summed E-state index contributed by atoms with van der Waals surface area (Å²) < 4.78 is 0. The van der Waals surface area contributed by atoms with E-state index in [1.807, 2.05) is 40.6 Å². The summed E-state index contributed by atoms with van der Waals surface area (Å²) in [7, 11) is 0. The molecule has 1 atom stereocenters.